The van der Waals surface area contributed by atoms with Crippen molar-refractivity contribution < 1.29 is 20.1 Å². The Morgan fingerprint density at radius 2 is 1.77 bits per heavy atom. The average molecular weight is 354 g/mol. The van der Waals surface area contributed by atoms with Gasteiger partial charge in [-0.3, -0.25) is 0 Å². The highest BCUT2D eigenvalue weighted by molar-refractivity contribution is 5.41. The molecular formula is C22H26O4. The SMILES string of the molecule is OC[C@@H]1CC(O)C[C@H](c2ccc(C3CC3)c(Cc3ccc(O)cc3)c2)O1. The number of ether oxygens (including phenoxy) is 1. The summed E-state index contributed by atoms with van der Waals surface area (Å²) in [6, 6.07) is 13.9. The molecule has 2 fully saturated rings. The first-order chi connectivity index (χ1) is 12.6. The number of hydrogen-bond acceptors (Lipinski definition) is 4. The Morgan fingerprint density at radius 3 is 2.46 bits per heavy atom. The highest BCUT2D eigenvalue weighted by Crippen LogP contribution is 2.43. The molecule has 0 amide bonds. The van der Waals surface area contributed by atoms with Crippen LogP contribution in [0.2, 0.25) is 0 Å². The van der Waals surface area contributed by atoms with Crippen LogP contribution in [-0.2, 0) is 11.2 Å². The van der Waals surface area contributed by atoms with E-state index in [4.69, 9.17) is 4.74 Å². The van der Waals surface area contributed by atoms with E-state index < -0.39 is 6.10 Å². The molecule has 0 radical (unpaired) electrons. The van der Waals surface area contributed by atoms with Crippen LogP contribution in [0.5, 0.6) is 5.75 Å². The summed E-state index contributed by atoms with van der Waals surface area (Å²) < 4.78 is 5.99. The molecule has 0 aromatic heterocycles. The average Bonchev–Trinajstić information content (AvgIpc) is 3.48. The molecule has 2 aromatic rings. The third kappa shape index (κ3) is 3.93. The van der Waals surface area contributed by atoms with Crippen molar-refractivity contribution in [1.82, 2.24) is 0 Å². The van der Waals surface area contributed by atoms with Gasteiger partial charge in [0, 0.05) is 12.8 Å². The molecular weight excluding hydrogens is 328 g/mol. The van der Waals surface area contributed by atoms with E-state index in [1.807, 2.05) is 12.1 Å². The second kappa shape index (κ2) is 7.39. The Labute approximate surface area is 154 Å². The normalized spacial score (nSPS) is 26.0. The smallest absolute Gasteiger partial charge is 0.115 e. The van der Waals surface area contributed by atoms with Crippen LogP contribution < -0.4 is 0 Å². The van der Waals surface area contributed by atoms with Gasteiger partial charge in [0.25, 0.3) is 0 Å². The molecule has 1 saturated heterocycles. The molecule has 0 spiro atoms. The van der Waals surface area contributed by atoms with Gasteiger partial charge in [0.05, 0.1) is 24.9 Å². The van der Waals surface area contributed by atoms with Gasteiger partial charge in [-0.25, -0.2) is 0 Å². The van der Waals surface area contributed by atoms with Gasteiger partial charge in [-0.2, -0.15) is 0 Å². The Balaban J connectivity index is 1.61. The number of aromatic hydroxyl groups is 1. The van der Waals surface area contributed by atoms with Gasteiger partial charge >= 0.3 is 0 Å². The van der Waals surface area contributed by atoms with Crippen LogP contribution in [0.25, 0.3) is 0 Å². The van der Waals surface area contributed by atoms with E-state index >= 15 is 0 Å². The zero-order valence-corrected chi connectivity index (χ0v) is 14.8. The van der Waals surface area contributed by atoms with Crippen LogP contribution in [-0.4, -0.2) is 34.1 Å². The highest BCUT2D eigenvalue weighted by atomic mass is 16.5. The molecule has 2 aliphatic rings. The summed E-state index contributed by atoms with van der Waals surface area (Å²) in [6.45, 7) is -0.0614. The van der Waals surface area contributed by atoms with Crippen molar-refractivity contribution in [3.05, 3.63) is 64.7 Å². The Kier molecular flexibility index (Phi) is 4.98. The van der Waals surface area contributed by atoms with E-state index in [-0.39, 0.29) is 24.6 Å². The molecule has 26 heavy (non-hydrogen) atoms. The summed E-state index contributed by atoms with van der Waals surface area (Å²) in [6.07, 6.45) is 3.45. The van der Waals surface area contributed by atoms with Crippen molar-refractivity contribution in [1.29, 1.82) is 0 Å². The lowest BCUT2D eigenvalue weighted by Gasteiger charge is -2.33. The highest BCUT2D eigenvalue weighted by Gasteiger charge is 2.31. The maximum absolute atomic E-state index is 10.1. The fourth-order valence-corrected chi connectivity index (χ4v) is 3.93. The van der Waals surface area contributed by atoms with Crippen LogP contribution in [0, 0.1) is 0 Å². The quantitative estimate of drug-likeness (QED) is 0.769. The molecule has 1 aliphatic heterocycles. The standard InChI is InChI=1S/C22H26O4/c23-13-20-11-19(25)12-22(26-20)16-5-8-21(15-3-4-15)17(10-16)9-14-1-6-18(24)7-2-14/h1-2,5-8,10,15,19-20,22-25H,3-4,9,11-13H2/t19?,20-,22+/m0/s1. The molecule has 3 N–H and O–H groups in total. The molecule has 4 nitrogen and oxygen atoms in total. The molecule has 1 saturated carbocycles. The number of phenolic OH excluding ortho intramolecular Hbond substituents is 1. The lowest BCUT2D eigenvalue weighted by Crippen LogP contribution is -2.33. The fraction of sp³-hybridized carbons (Fsp3) is 0.455. The molecule has 138 valence electrons. The van der Waals surface area contributed by atoms with E-state index in [0.717, 1.165) is 12.0 Å². The molecule has 2 aromatic carbocycles. The molecule has 4 rings (SSSR count). The molecule has 1 heterocycles. The Hall–Kier alpha value is -1.88. The summed E-state index contributed by atoms with van der Waals surface area (Å²) in [5.74, 6) is 0.934. The van der Waals surface area contributed by atoms with Crippen LogP contribution in [0.3, 0.4) is 0 Å². The van der Waals surface area contributed by atoms with Crippen LogP contribution in [0.1, 0.15) is 60.0 Å². The van der Waals surface area contributed by atoms with Crippen LogP contribution in [0.15, 0.2) is 42.5 Å². The van der Waals surface area contributed by atoms with Crippen molar-refractivity contribution >= 4 is 0 Å². The van der Waals surface area contributed by atoms with Gasteiger partial charge in [0.1, 0.15) is 5.75 Å². The van der Waals surface area contributed by atoms with Gasteiger partial charge in [0.15, 0.2) is 0 Å². The molecule has 1 aliphatic carbocycles. The maximum atomic E-state index is 10.1. The summed E-state index contributed by atoms with van der Waals surface area (Å²) in [4.78, 5) is 0. The Morgan fingerprint density at radius 1 is 1.00 bits per heavy atom. The minimum absolute atomic E-state index is 0.0614. The first-order valence-electron chi connectivity index (χ1n) is 9.47. The van der Waals surface area contributed by atoms with Crippen LogP contribution >= 0.6 is 0 Å². The number of rotatable bonds is 5. The van der Waals surface area contributed by atoms with E-state index in [1.54, 1.807) is 12.1 Å². The first kappa shape index (κ1) is 17.5. The summed E-state index contributed by atoms with van der Waals surface area (Å²) >= 11 is 0. The second-order valence-corrected chi connectivity index (χ2v) is 7.63. The minimum atomic E-state index is -0.436. The number of benzene rings is 2. The molecule has 0 bridgehead atoms. The van der Waals surface area contributed by atoms with E-state index in [0.29, 0.717) is 18.8 Å². The predicted octanol–water partition coefficient (Wildman–Crippen LogP) is 3.43. The molecule has 1 unspecified atom stereocenters. The van der Waals surface area contributed by atoms with Crippen molar-refractivity contribution in [3.8, 4) is 5.75 Å². The van der Waals surface area contributed by atoms with Crippen molar-refractivity contribution in [2.75, 3.05) is 6.61 Å². The number of hydrogen-bond donors (Lipinski definition) is 3. The van der Waals surface area contributed by atoms with E-state index in [2.05, 4.69) is 18.2 Å². The zero-order chi connectivity index (χ0) is 18.1. The molecule has 3 atom stereocenters. The summed E-state index contributed by atoms with van der Waals surface area (Å²) in [5.41, 5.74) is 4.93. The fourth-order valence-electron chi connectivity index (χ4n) is 3.93. The predicted molar refractivity (Wildman–Crippen MR) is 99.3 cm³/mol. The third-order valence-electron chi connectivity index (χ3n) is 5.47. The maximum Gasteiger partial charge on any atom is 0.115 e. The monoisotopic (exact) mass is 354 g/mol. The largest absolute Gasteiger partial charge is 0.508 e. The van der Waals surface area contributed by atoms with Gasteiger partial charge < -0.3 is 20.1 Å². The number of aliphatic hydroxyl groups excluding tert-OH is 2. The van der Waals surface area contributed by atoms with Gasteiger partial charge in [-0.1, -0.05) is 30.3 Å². The minimum Gasteiger partial charge on any atom is -0.508 e. The third-order valence-corrected chi connectivity index (χ3v) is 5.47. The summed E-state index contributed by atoms with van der Waals surface area (Å²) in [5, 5.41) is 29.0. The number of aliphatic hydroxyl groups is 2. The lowest BCUT2D eigenvalue weighted by atomic mass is 9.90. The van der Waals surface area contributed by atoms with Crippen molar-refractivity contribution in [2.24, 2.45) is 0 Å². The topological polar surface area (TPSA) is 69.9 Å². The van der Waals surface area contributed by atoms with Crippen molar-refractivity contribution in [2.45, 2.75) is 56.3 Å². The Bertz CT molecular complexity index is 751. The molecule has 4 heteroatoms. The van der Waals surface area contributed by atoms with Crippen LogP contribution in [0.4, 0.5) is 0 Å². The lowest BCUT2D eigenvalue weighted by molar-refractivity contribution is -0.113. The number of phenols is 1. The summed E-state index contributed by atoms with van der Waals surface area (Å²) in [7, 11) is 0. The second-order valence-electron chi connectivity index (χ2n) is 7.63. The van der Waals surface area contributed by atoms with E-state index in [9.17, 15) is 15.3 Å². The van der Waals surface area contributed by atoms with Gasteiger partial charge in [-0.15, -0.1) is 0 Å². The van der Waals surface area contributed by atoms with E-state index in [1.165, 1.54) is 29.5 Å². The first-order valence-corrected chi connectivity index (χ1v) is 9.47. The van der Waals surface area contributed by atoms with Gasteiger partial charge in [0.2, 0.25) is 0 Å². The zero-order valence-electron chi connectivity index (χ0n) is 14.8. The van der Waals surface area contributed by atoms with Gasteiger partial charge in [-0.05, 0) is 59.6 Å². The van der Waals surface area contributed by atoms with Crippen molar-refractivity contribution in [3.63, 3.8) is 0 Å².